The molecule has 0 saturated heterocycles. The first-order valence-electron chi connectivity index (χ1n) is 5.77. The van der Waals surface area contributed by atoms with Crippen LogP contribution in [0.4, 0.5) is 4.39 Å². The monoisotopic (exact) mass is 355 g/mol. The summed E-state index contributed by atoms with van der Waals surface area (Å²) in [6.45, 7) is 3.54. The zero-order valence-corrected chi connectivity index (χ0v) is 12.5. The van der Waals surface area contributed by atoms with Gasteiger partial charge in [0.25, 0.3) is 0 Å². The molecule has 2 aromatic rings. The maximum atomic E-state index is 13.6. The maximum absolute atomic E-state index is 13.6. The lowest BCUT2D eigenvalue weighted by molar-refractivity contribution is 0.607. The Morgan fingerprint density at radius 3 is 2.22 bits per heavy atom. The van der Waals surface area contributed by atoms with Gasteiger partial charge in [0.1, 0.15) is 5.82 Å². The molecular weight excluding hydrogens is 340 g/mol. The van der Waals surface area contributed by atoms with Crippen molar-refractivity contribution in [3.8, 4) is 0 Å². The molecule has 1 atom stereocenters. The second-order valence-electron chi connectivity index (χ2n) is 4.47. The molecule has 0 fully saturated rings. The van der Waals surface area contributed by atoms with Crippen molar-refractivity contribution in [3.63, 3.8) is 0 Å². The van der Waals surface area contributed by atoms with Crippen molar-refractivity contribution in [2.24, 2.45) is 5.73 Å². The molecule has 3 heteroatoms. The van der Waals surface area contributed by atoms with Gasteiger partial charge in [0, 0.05) is 3.57 Å². The number of hydrogen-bond acceptors (Lipinski definition) is 1. The fourth-order valence-corrected chi connectivity index (χ4v) is 2.79. The Morgan fingerprint density at radius 1 is 1.11 bits per heavy atom. The second kappa shape index (κ2) is 5.36. The minimum absolute atomic E-state index is 0.145. The molecule has 1 nitrogen and oxygen atoms in total. The summed E-state index contributed by atoms with van der Waals surface area (Å²) >= 11 is 2.27. The van der Waals surface area contributed by atoms with E-state index in [1.807, 2.05) is 36.4 Å². The highest BCUT2D eigenvalue weighted by Gasteiger charge is 2.14. The molecule has 94 valence electrons. The number of hydrogen-bond donors (Lipinski definition) is 1. The highest BCUT2D eigenvalue weighted by Crippen LogP contribution is 2.26. The van der Waals surface area contributed by atoms with Gasteiger partial charge in [-0.1, -0.05) is 30.3 Å². The second-order valence-corrected chi connectivity index (χ2v) is 5.63. The van der Waals surface area contributed by atoms with E-state index in [-0.39, 0.29) is 11.9 Å². The predicted octanol–water partition coefficient (Wildman–Crippen LogP) is 4.10. The van der Waals surface area contributed by atoms with Crippen LogP contribution in [0.5, 0.6) is 0 Å². The van der Waals surface area contributed by atoms with Gasteiger partial charge in [0.15, 0.2) is 0 Å². The molecule has 0 saturated carbocycles. The molecule has 0 aliphatic heterocycles. The third-order valence-electron chi connectivity index (χ3n) is 3.06. The standard InChI is InChI=1S/C15H15FIN/c1-9-7-11(8-10(2)14(9)16)15(18)12-5-3-4-6-13(12)17/h3-8,15H,18H2,1-2H3. The van der Waals surface area contributed by atoms with Gasteiger partial charge in [-0.2, -0.15) is 0 Å². The minimum atomic E-state index is -0.212. The Kier molecular flexibility index (Phi) is 4.02. The lowest BCUT2D eigenvalue weighted by Crippen LogP contribution is -2.14. The Morgan fingerprint density at radius 2 is 1.67 bits per heavy atom. The number of rotatable bonds is 2. The van der Waals surface area contributed by atoms with Crippen LogP contribution in [0.2, 0.25) is 0 Å². The largest absolute Gasteiger partial charge is 0.320 e. The van der Waals surface area contributed by atoms with Crippen LogP contribution in [0.25, 0.3) is 0 Å². The molecule has 2 aromatic carbocycles. The van der Waals surface area contributed by atoms with E-state index in [0.29, 0.717) is 11.1 Å². The molecule has 0 bridgehead atoms. The van der Waals surface area contributed by atoms with Gasteiger partial charge in [-0.15, -0.1) is 0 Å². The van der Waals surface area contributed by atoms with Crippen molar-refractivity contribution >= 4 is 22.6 Å². The molecule has 0 heterocycles. The van der Waals surface area contributed by atoms with Gasteiger partial charge in [-0.3, -0.25) is 0 Å². The molecule has 18 heavy (non-hydrogen) atoms. The highest BCUT2D eigenvalue weighted by atomic mass is 127. The summed E-state index contributed by atoms with van der Waals surface area (Å²) in [6, 6.07) is 11.4. The fourth-order valence-electron chi connectivity index (χ4n) is 2.07. The normalized spacial score (nSPS) is 12.5. The third-order valence-corrected chi connectivity index (χ3v) is 4.04. The Bertz CT molecular complexity index is 557. The van der Waals surface area contributed by atoms with Gasteiger partial charge in [-0.05, 0) is 64.8 Å². The fraction of sp³-hybridized carbons (Fsp3) is 0.200. The number of benzene rings is 2. The summed E-state index contributed by atoms with van der Waals surface area (Å²) in [6.07, 6.45) is 0. The SMILES string of the molecule is Cc1cc(C(N)c2ccccc2I)cc(C)c1F. The zero-order chi connectivity index (χ0) is 13.3. The van der Waals surface area contributed by atoms with Crippen molar-refractivity contribution in [1.82, 2.24) is 0 Å². The summed E-state index contributed by atoms with van der Waals surface area (Å²) in [5, 5.41) is 0. The van der Waals surface area contributed by atoms with Crippen LogP contribution < -0.4 is 5.73 Å². The number of aryl methyl sites for hydroxylation is 2. The van der Waals surface area contributed by atoms with E-state index in [0.717, 1.165) is 14.7 Å². The quantitative estimate of drug-likeness (QED) is 0.807. The number of halogens is 2. The third kappa shape index (κ3) is 2.57. The van der Waals surface area contributed by atoms with E-state index >= 15 is 0 Å². The van der Waals surface area contributed by atoms with E-state index in [4.69, 9.17) is 5.73 Å². The molecular formula is C15H15FIN. The van der Waals surface area contributed by atoms with Crippen LogP contribution in [-0.4, -0.2) is 0 Å². The van der Waals surface area contributed by atoms with E-state index in [1.54, 1.807) is 13.8 Å². The Labute approximate surface area is 120 Å². The van der Waals surface area contributed by atoms with Crippen LogP contribution in [-0.2, 0) is 0 Å². The molecule has 0 amide bonds. The smallest absolute Gasteiger partial charge is 0.129 e. The van der Waals surface area contributed by atoms with Crippen molar-refractivity contribution in [2.45, 2.75) is 19.9 Å². The van der Waals surface area contributed by atoms with Gasteiger partial charge >= 0.3 is 0 Å². The van der Waals surface area contributed by atoms with Crippen LogP contribution in [0.15, 0.2) is 36.4 Å². The van der Waals surface area contributed by atoms with Gasteiger partial charge < -0.3 is 5.73 Å². The van der Waals surface area contributed by atoms with Gasteiger partial charge in [0.2, 0.25) is 0 Å². The molecule has 0 aliphatic rings. The molecule has 0 aliphatic carbocycles. The molecule has 0 spiro atoms. The summed E-state index contributed by atoms with van der Waals surface area (Å²) in [4.78, 5) is 0. The van der Waals surface area contributed by atoms with Gasteiger partial charge in [0.05, 0.1) is 6.04 Å². The Balaban J connectivity index is 2.47. The first-order valence-corrected chi connectivity index (χ1v) is 6.85. The Hall–Kier alpha value is -0.940. The molecule has 1 unspecified atom stereocenters. The van der Waals surface area contributed by atoms with Crippen molar-refractivity contribution in [1.29, 1.82) is 0 Å². The van der Waals surface area contributed by atoms with E-state index in [9.17, 15) is 4.39 Å². The average Bonchev–Trinajstić information content (AvgIpc) is 2.35. The average molecular weight is 355 g/mol. The zero-order valence-electron chi connectivity index (χ0n) is 10.4. The van der Waals surface area contributed by atoms with Crippen molar-refractivity contribution < 1.29 is 4.39 Å². The molecule has 0 radical (unpaired) electrons. The lowest BCUT2D eigenvalue weighted by atomic mass is 9.96. The van der Waals surface area contributed by atoms with Crippen LogP contribution in [0.1, 0.15) is 28.3 Å². The first-order chi connectivity index (χ1) is 8.50. The van der Waals surface area contributed by atoms with E-state index in [2.05, 4.69) is 22.6 Å². The topological polar surface area (TPSA) is 26.0 Å². The summed E-state index contributed by atoms with van der Waals surface area (Å²) in [5.41, 5.74) is 9.59. The van der Waals surface area contributed by atoms with Crippen molar-refractivity contribution in [3.05, 3.63) is 68.0 Å². The summed E-state index contributed by atoms with van der Waals surface area (Å²) in [5.74, 6) is -0.145. The van der Waals surface area contributed by atoms with Crippen LogP contribution >= 0.6 is 22.6 Å². The predicted molar refractivity (Wildman–Crippen MR) is 81.1 cm³/mol. The van der Waals surface area contributed by atoms with E-state index in [1.165, 1.54) is 0 Å². The van der Waals surface area contributed by atoms with Crippen LogP contribution in [0.3, 0.4) is 0 Å². The van der Waals surface area contributed by atoms with Crippen molar-refractivity contribution in [2.75, 3.05) is 0 Å². The van der Waals surface area contributed by atoms with Crippen LogP contribution in [0, 0.1) is 23.2 Å². The minimum Gasteiger partial charge on any atom is -0.320 e. The maximum Gasteiger partial charge on any atom is 0.129 e. The number of nitrogens with two attached hydrogens (primary N) is 1. The summed E-state index contributed by atoms with van der Waals surface area (Å²) < 4.78 is 14.7. The van der Waals surface area contributed by atoms with Gasteiger partial charge in [-0.25, -0.2) is 4.39 Å². The van der Waals surface area contributed by atoms with E-state index < -0.39 is 0 Å². The summed E-state index contributed by atoms with van der Waals surface area (Å²) in [7, 11) is 0. The first kappa shape index (κ1) is 13.5. The molecule has 2 N–H and O–H groups in total. The molecule has 0 aromatic heterocycles. The highest BCUT2D eigenvalue weighted by molar-refractivity contribution is 14.1. The lowest BCUT2D eigenvalue weighted by Gasteiger charge is -2.16. The molecule has 2 rings (SSSR count).